The third-order valence-corrected chi connectivity index (χ3v) is 2.15. The lowest BCUT2D eigenvalue weighted by Crippen LogP contribution is -2.32. The van der Waals surface area contributed by atoms with Crippen LogP contribution in [0.2, 0.25) is 6.82 Å². The Balaban J connectivity index is 2.42. The Morgan fingerprint density at radius 2 is 1.88 bits per heavy atom. The molecular formula is C13H19BNO2. The maximum Gasteiger partial charge on any atom is 0.407 e. The van der Waals surface area contributed by atoms with Gasteiger partial charge in [-0.1, -0.05) is 36.6 Å². The Kier molecular flexibility index (Phi) is 4.61. The highest BCUT2D eigenvalue weighted by atomic mass is 16.6. The van der Waals surface area contributed by atoms with Crippen LogP contribution in [-0.2, 0) is 11.3 Å². The molecule has 1 rings (SSSR count). The average molecular weight is 232 g/mol. The molecule has 17 heavy (non-hydrogen) atoms. The molecule has 4 heteroatoms. The van der Waals surface area contributed by atoms with E-state index in [-0.39, 0.29) is 6.09 Å². The van der Waals surface area contributed by atoms with Gasteiger partial charge in [0, 0.05) is 6.54 Å². The topological polar surface area (TPSA) is 38.3 Å². The predicted molar refractivity (Wildman–Crippen MR) is 70.8 cm³/mol. The number of rotatable bonds is 3. The molecule has 3 nitrogen and oxygen atoms in total. The molecule has 0 bridgehead atoms. The Morgan fingerprint density at radius 3 is 2.35 bits per heavy atom. The molecule has 0 saturated carbocycles. The zero-order valence-corrected chi connectivity index (χ0v) is 10.9. The molecular weight excluding hydrogens is 213 g/mol. The van der Waals surface area contributed by atoms with E-state index in [9.17, 15) is 4.79 Å². The van der Waals surface area contributed by atoms with Gasteiger partial charge >= 0.3 is 6.09 Å². The van der Waals surface area contributed by atoms with Gasteiger partial charge in [0.2, 0.25) is 0 Å². The fourth-order valence-corrected chi connectivity index (χ4v) is 1.32. The molecule has 0 aliphatic rings. The van der Waals surface area contributed by atoms with E-state index < -0.39 is 5.60 Å². The van der Waals surface area contributed by atoms with E-state index in [1.165, 1.54) is 5.46 Å². The third-order valence-electron chi connectivity index (χ3n) is 2.15. The van der Waals surface area contributed by atoms with Gasteiger partial charge in [-0.05, 0) is 26.3 Å². The standard InChI is InChI=1S/C13H19BNO2/c1-13(2,3)17-12(16)15-9-10-5-7-11(14-4)8-6-10/h5-8H,9H2,1-4H3,(H,15,16). The average Bonchev–Trinajstić information content (AvgIpc) is 2.25. The summed E-state index contributed by atoms with van der Waals surface area (Å²) in [5, 5.41) is 2.72. The number of nitrogens with one attached hydrogen (secondary N) is 1. The van der Waals surface area contributed by atoms with Gasteiger partial charge in [-0.3, -0.25) is 0 Å². The van der Waals surface area contributed by atoms with E-state index in [1.807, 2.05) is 59.1 Å². The van der Waals surface area contributed by atoms with E-state index in [4.69, 9.17) is 4.74 Å². The van der Waals surface area contributed by atoms with Gasteiger partial charge in [0.15, 0.2) is 0 Å². The molecule has 0 saturated heterocycles. The highest BCUT2D eigenvalue weighted by Gasteiger charge is 2.15. The van der Waals surface area contributed by atoms with Crippen LogP contribution in [0.4, 0.5) is 4.79 Å². The highest BCUT2D eigenvalue weighted by Crippen LogP contribution is 2.06. The van der Waals surface area contributed by atoms with Gasteiger partial charge in [0.05, 0.1) is 0 Å². The molecule has 0 spiro atoms. The first-order chi connectivity index (χ1) is 7.90. The van der Waals surface area contributed by atoms with E-state index in [1.54, 1.807) is 0 Å². The van der Waals surface area contributed by atoms with Gasteiger partial charge in [-0.2, -0.15) is 0 Å². The van der Waals surface area contributed by atoms with Crippen molar-refractivity contribution >= 4 is 18.8 Å². The fraction of sp³-hybridized carbons (Fsp3) is 0.462. The lowest BCUT2D eigenvalue weighted by Gasteiger charge is -2.19. The number of alkyl carbamates (subject to hydrolysis) is 1. The molecule has 1 aromatic rings. The largest absolute Gasteiger partial charge is 0.444 e. The maximum atomic E-state index is 11.4. The quantitative estimate of drug-likeness (QED) is 0.810. The van der Waals surface area contributed by atoms with Gasteiger partial charge < -0.3 is 10.1 Å². The van der Waals surface area contributed by atoms with Crippen molar-refractivity contribution in [3.8, 4) is 0 Å². The van der Waals surface area contributed by atoms with Crippen molar-refractivity contribution in [1.29, 1.82) is 0 Å². The number of carbonyl (C=O) groups is 1. The molecule has 1 radical (unpaired) electrons. The third kappa shape index (κ3) is 5.43. The summed E-state index contributed by atoms with van der Waals surface area (Å²) in [6.07, 6.45) is -0.386. The first kappa shape index (κ1) is 13.6. The van der Waals surface area contributed by atoms with Gasteiger partial charge in [0.25, 0.3) is 0 Å². The zero-order chi connectivity index (χ0) is 12.9. The molecule has 0 heterocycles. The van der Waals surface area contributed by atoms with Crippen LogP contribution < -0.4 is 10.8 Å². The SMILES string of the molecule is C[B]c1ccc(CNC(=O)OC(C)(C)C)cc1. The maximum absolute atomic E-state index is 11.4. The first-order valence-corrected chi connectivity index (χ1v) is 5.76. The fourth-order valence-electron chi connectivity index (χ4n) is 1.32. The number of ether oxygens (including phenoxy) is 1. The van der Waals surface area contributed by atoms with Crippen LogP contribution in [0, 0.1) is 0 Å². The summed E-state index contributed by atoms with van der Waals surface area (Å²) in [5.41, 5.74) is 1.78. The summed E-state index contributed by atoms with van der Waals surface area (Å²) >= 11 is 0. The van der Waals surface area contributed by atoms with Gasteiger partial charge in [0.1, 0.15) is 12.9 Å². The second kappa shape index (κ2) is 5.76. The Bertz CT molecular complexity index is 368. The number of hydrogen-bond donors (Lipinski definition) is 1. The zero-order valence-electron chi connectivity index (χ0n) is 10.9. The summed E-state index contributed by atoms with van der Waals surface area (Å²) in [4.78, 5) is 11.4. The van der Waals surface area contributed by atoms with Crippen LogP contribution >= 0.6 is 0 Å². The number of amides is 1. The monoisotopic (exact) mass is 232 g/mol. The van der Waals surface area contributed by atoms with E-state index in [2.05, 4.69) is 5.32 Å². The molecule has 0 fully saturated rings. The van der Waals surface area contributed by atoms with Crippen molar-refractivity contribution in [2.24, 2.45) is 0 Å². The summed E-state index contributed by atoms with van der Waals surface area (Å²) in [5.74, 6) is 0. The molecule has 1 aromatic carbocycles. The Hall–Kier alpha value is -1.45. The van der Waals surface area contributed by atoms with Crippen molar-refractivity contribution < 1.29 is 9.53 Å². The lowest BCUT2D eigenvalue weighted by atomic mass is 9.73. The molecule has 0 aliphatic carbocycles. The normalized spacial score (nSPS) is 10.8. The van der Waals surface area contributed by atoms with Gasteiger partial charge in [-0.25, -0.2) is 4.79 Å². The minimum Gasteiger partial charge on any atom is -0.444 e. The molecule has 1 N–H and O–H groups in total. The molecule has 0 aromatic heterocycles. The minimum atomic E-state index is -0.453. The number of carbonyl (C=O) groups excluding carboxylic acids is 1. The van der Waals surface area contributed by atoms with Crippen molar-refractivity contribution in [2.75, 3.05) is 0 Å². The van der Waals surface area contributed by atoms with Gasteiger partial charge in [-0.15, -0.1) is 0 Å². The number of benzene rings is 1. The number of hydrogen-bond acceptors (Lipinski definition) is 2. The predicted octanol–water partition coefficient (Wildman–Crippen LogP) is 2.09. The van der Waals surface area contributed by atoms with E-state index >= 15 is 0 Å². The second-order valence-corrected chi connectivity index (χ2v) is 4.89. The van der Waals surface area contributed by atoms with Crippen molar-refractivity contribution in [1.82, 2.24) is 5.32 Å². The van der Waals surface area contributed by atoms with E-state index in [0.29, 0.717) is 6.54 Å². The second-order valence-electron chi connectivity index (χ2n) is 4.89. The van der Waals surface area contributed by atoms with Crippen LogP contribution in [0.5, 0.6) is 0 Å². The van der Waals surface area contributed by atoms with Crippen LogP contribution in [0.1, 0.15) is 26.3 Å². The molecule has 0 atom stereocenters. The summed E-state index contributed by atoms with van der Waals surface area (Å²) in [6.45, 7) is 8.02. The minimum absolute atomic E-state index is 0.386. The summed E-state index contributed by atoms with van der Waals surface area (Å²) in [7, 11) is 2.03. The van der Waals surface area contributed by atoms with Crippen LogP contribution in [-0.4, -0.2) is 19.0 Å². The molecule has 0 unspecified atom stereocenters. The van der Waals surface area contributed by atoms with E-state index in [0.717, 1.165) is 5.56 Å². The summed E-state index contributed by atoms with van der Waals surface area (Å²) in [6, 6.07) is 8.03. The highest BCUT2D eigenvalue weighted by molar-refractivity contribution is 6.51. The Labute approximate surface area is 104 Å². The smallest absolute Gasteiger partial charge is 0.407 e. The van der Waals surface area contributed by atoms with Crippen molar-refractivity contribution in [2.45, 2.75) is 39.7 Å². The van der Waals surface area contributed by atoms with Crippen molar-refractivity contribution in [3.63, 3.8) is 0 Å². The molecule has 0 aliphatic heterocycles. The Morgan fingerprint density at radius 1 is 1.29 bits per heavy atom. The molecule has 1 amide bonds. The van der Waals surface area contributed by atoms with Crippen LogP contribution in [0.15, 0.2) is 24.3 Å². The summed E-state index contributed by atoms with van der Waals surface area (Å²) < 4.78 is 5.15. The van der Waals surface area contributed by atoms with Crippen molar-refractivity contribution in [3.05, 3.63) is 29.8 Å². The lowest BCUT2D eigenvalue weighted by molar-refractivity contribution is 0.0523. The van der Waals surface area contributed by atoms with Crippen LogP contribution in [0.25, 0.3) is 0 Å². The molecule has 91 valence electrons. The first-order valence-electron chi connectivity index (χ1n) is 5.76. The van der Waals surface area contributed by atoms with Crippen LogP contribution in [0.3, 0.4) is 0 Å².